The van der Waals surface area contributed by atoms with Gasteiger partial charge in [0.25, 0.3) is 0 Å². The van der Waals surface area contributed by atoms with Crippen molar-refractivity contribution >= 4 is 19.0 Å². The molecule has 1 atom stereocenters. The molecule has 0 aromatic rings. The first-order chi connectivity index (χ1) is 5.68. The Kier molecular flexibility index (Phi) is 7.22. The molecule has 0 aliphatic carbocycles. The van der Waals surface area contributed by atoms with Crippen LogP contribution in [0, 0.1) is 0 Å². The van der Waals surface area contributed by atoms with Crippen LogP contribution in [0.4, 0.5) is 0 Å². The van der Waals surface area contributed by atoms with Crippen LogP contribution in [0.15, 0.2) is 0 Å². The van der Waals surface area contributed by atoms with E-state index >= 15 is 0 Å². The van der Waals surface area contributed by atoms with Crippen molar-refractivity contribution < 1.29 is 9.09 Å². The smallest absolute Gasteiger partial charge is 0.204 e. The Bertz CT molecular complexity index is 150. The molecule has 0 saturated carbocycles. The van der Waals surface area contributed by atoms with E-state index in [-0.39, 0.29) is 6.07 Å². The van der Waals surface area contributed by atoms with Crippen LogP contribution in [0.2, 0.25) is 0 Å². The number of hydrogen-bond donors (Lipinski definition) is 0. The molecule has 0 amide bonds. The van der Waals surface area contributed by atoms with Crippen LogP contribution in [-0.4, -0.2) is 18.4 Å². The molecule has 0 radical (unpaired) electrons. The average Bonchev–Trinajstić information content (AvgIpc) is 2.06. The first-order valence-corrected chi connectivity index (χ1v) is 7.00. The van der Waals surface area contributed by atoms with Crippen LogP contribution in [0.3, 0.4) is 0 Å². The number of alkyl halides is 1. The van der Waals surface area contributed by atoms with Gasteiger partial charge in [-0.3, -0.25) is 4.57 Å². The molecule has 0 aliphatic heterocycles. The van der Waals surface area contributed by atoms with Crippen molar-refractivity contribution in [2.45, 2.75) is 33.1 Å². The Morgan fingerprint density at radius 3 is 2.42 bits per heavy atom. The van der Waals surface area contributed by atoms with E-state index in [1.165, 1.54) is 0 Å². The Balaban J connectivity index is 3.72. The molecule has 4 heteroatoms. The summed E-state index contributed by atoms with van der Waals surface area (Å²) in [7, 11) is -2.36. The average molecular weight is 213 g/mol. The first kappa shape index (κ1) is 12.5. The van der Waals surface area contributed by atoms with Crippen LogP contribution in [0.1, 0.15) is 33.1 Å². The second-order valence-corrected chi connectivity index (χ2v) is 5.98. The van der Waals surface area contributed by atoms with Crippen LogP contribution < -0.4 is 0 Å². The van der Waals surface area contributed by atoms with Crippen molar-refractivity contribution in [1.82, 2.24) is 0 Å². The fourth-order valence-corrected chi connectivity index (χ4v) is 3.05. The van der Waals surface area contributed by atoms with E-state index in [1.807, 2.05) is 6.92 Å². The zero-order valence-corrected chi connectivity index (χ0v) is 9.53. The van der Waals surface area contributed by atoms with Gasteiger partial charge in [0.2, 0.25) is 7.37 Å². The van der Waals surface area contributed by atoms with Gasteiger partial charge in [-0.25, -0.2) is 0 Å². The number of hydrogen-bond acceptors (Lipinski definition) is 2. The molecule has 0 aliphatic rings. The van der Waals surface area contributed by atoms with Gasteiger partial charge in [0, 0.05) is 12.3 Å². The number of rotatable bonds is 7. The molecule has 1 unspecified atom stereocenters. The third kappa shape index (κ3) is 5.18. The minimum absolute atomic E-state index is 0.0528. The second kappa shape index (κ2) is 6.94. The maximum absolute atomic E-state index is 11.8. The second-order valence-electron chi connectivity index (χ2n) is 2.80. The minimum atomic E-state index is -2.36. The van der Waals surface area contributed by atoms with Crippen LogP contribution >= 0.6 is 19.0 Å². The van der Waals surface area contributed by atoms with Crippen molar-refractivity contribution in [3.8, 4) is 0 Å². The predicted octanol–water partition coefficient (Wildman–Crippen LogP) is 3.69. The van der Waals surface area contributed by atoms with Crippen molar-refractivity contribution in [3.05, 3.63) is 0 Å². The highest BCUT2D eigenvalue weighted by atomic mass is 35.5. The van der Waals surface area contributed by atoms with Gasteiger partial charge in [0.05, 0.1) is 0 Å². The van der Waals surface area contributed by atoms with Gasteiger partial charge in [-0.2, -0.15) is 0 Å². The molecule has 0 bridgehead atoms. The van der Waals surface area contributed by atoms with Gasteiger partial charge >= 0.3 is 0 Å². The van der Waals surface area contributed by atoms with Crippen LogP contribution in [0.25, 0.3) is 0 Å². The highest BCUT2D eigenvalue weighted by Crippen LogP contribution is 2.47. The Hall–Kier alpha value is 0.480. The molecular weight excluding hydrogens is 195 g/mol. The molecule has 0 fully saturated rings. The summed E-state index contributed by atoms with van der Waals surface area (Å²) >= 11 is 5.38. The maximum Gasteiger partial charge on any atom is 0.204 e. The zero-order valence-electron chi connectivity index (χ0n) is 7.88. The summed E-state index contributed by atoms with van der Waals surface area (Å²) in [6, 6.07) is 0.0528. The summed E-state index contributed by atoms with van der Waals surface area (Å²) in [5, 5.41) is 0. The van der Waals surface area contributed by atoms with Gasteiger partial charge in [0.1, 0.15) is 6.07 Å². The Morgan fingerprint density at radius 1 is 1.33 bits per heavy atom. The Labute approximate surface area is 80.1 Å². The maximum atomic E-state index is 11.8. The van der Waals surface area contributed by atoms with E-state index in [1.54, 1.807) is 0 Å². The van der Waals surface area contributed by atoms with Crippen LogP contribution in [0.5, 0.6) is 0 Å². The monoisotopic (exact) mass is 212 g/mol. The summed E-state index contributed by atoms with van der Waals surface area (Å²) in [5.74, 6) is 0. The molecule has 0 spiro atoms. The number of unbranched alkanes of at least 4 members (excludes halogenated alkanes) is 2. The van der Waals surface area contributed by atoms with Crippen LogP contribution in [-0.2, 0) is 9.09 Å². The molecule has 0 aromatic carbocycles. The normalized spacial score (nSPS) is 15.9. The molecule has 0 aromatic heterocycles. The molecule has 2 nitrogen and oxygen atoms in total. The molecule has 0 heterocycles. The van der Waals surface area contributed by atoms with Crippen molar-refractivity contribution in [1.29, 1.82) is 0 Å². The Morgan fingerprint density at radius 2 is 2.00 bits per heavy atom. The fourth-order valence-electron chi connectivity index (χ4n) is 1.01. The van der Waals surface area contributed by atoms with Gasteiger partial charge in [-0.1, -0.05) is 38.3 Å². The first-order valence-electron chi connectivity index (χ1n) is 4.47. The summed E-state index contributed by atoms with van der Waals surface area (Å²) in [6.45, 7) is 4.01. The number of halogens is 1. The van der Waals surface area contributed by atoms with E-state index in [0.29, 0.717) is 12.3 Å². The quantitative estimate of drug-likeness (QED) is 0.366. The van der Waals surface area contributed by atoms with Gasteiger partial charge in [0.15, 0.2) is 0 Å². The van der Waals surface area contributed by atoms with E-state index in [4.69, 9.17) is 16.1 Å². The zero-order chi connectivity index (χ0) is 9.45. The van der Waals surface area contributed by atoms with Gasteiger partial charge < -0.3 is 4.52 Å². The lowest BCUT2D eigenvalue weighted by atomic mass is 10.3. The van der Waals surface area contributed by atoms with E-state index in [2.05, 4.69) is 6.92 Å². The van der Waals surface area contributed by atoms with Gasteiger partial charge in [-0.15, -0.1) is 0 Å². The van der Waals surface area contributed by atoms with Crippen molar-refractivity contribution in [2.24, 2.45) is 0 Å². The molecule has 0 rings (SSSR count). The third-order valence-corrected chi connectivity index (χ3v) is 4.69. The largest absolute Gasteiger partial charge is 0.312 e. The molecular formula is C8H18ClO2P. The molecule has 74 valence electrons. The minimum Gasteiger partial charge on any atom is -0.312 e. The fraction of sp³-hybridized carbons (Fsp3) is 1.00. The summed E-state index contributed by atoms with van der Waals surface area (Å²) in [5.41, 5.74) is 0. The lowest BCUT2D eigenvalue weighted by Crippen LogP contribution is -1.97. The third-order valence-electron chi connectivity index (χ3n) is 1.87. The molecule has 0 N–H and O–H groups in total. The highest BCUT2D eigenvalue weighted by Gasteiger charge is 2.18. The summed E-state index contributed by atoms with van der Waals surface area (Å²) < 4.78 is 16.8. The summed E-state index contributed by atoms with van der Waals surface area (Å²) in [6.07, 6.45) is 4.53. The lowest BCUT2D eigenvalue weighted by molar-refractivity contribution is 0.372. The topological polar surface area (TPSA) is 26.3 Å². The van der Waals surface area contributed by atoms with Crippen molar-refractivity contribution in [3.63, 3.8) is 0 Å². The summed E-state index contributed by atoms with van der Waals surface area (Å²) in [4.78, 5) is 0. The van der Waals surface area contributed by atoms with E-state index in [0.717, 1.165) is 19.3 Å². The van der Waals surface area contributed by atoms with Crippen molar-refractivity contribution in [2.75, 3.05) is 18.4 Å². The van der Waals surface area contributed by atoms with Gasteiger partial charge in [-0.05, 0) is 6.42 Å². The van der Waals surface area contributed by atoms with E-state index < -0.39 is 7.37 Å². The SMILES string of the molecule is CCCCCP(=O)(CC)OCCl. The molecule has 12 heavy (non-hydrogen) atoms. The van der Waals surface area contributed by atoms with E-state index in [9.17, 15) is 4.57 Å². The molecule has 0 saturated heterocycles. The lowest BCUT2D eigenvalue weighted by Gasteiger charge is -2.14. The standard InChI is InChI=1S/C8H18ClO2P/c1-3-5-6-7-12(10,4-2)11-8-9/h3-8H2,1-2H3. The predicted molar refractivity (Wildman–Crippen MR) is 54.3 cm³/mol. The highest BCUT2D eigenvalue weighted by molar-refractivity contribution is 7.58.